The fourth-order valence-electron chi connectivity index (χ4n) is 5.45. The molecule has 1 saturated heterocycles. The maximum atomic E-state index is 13.5. The number of fused-ring (bicyclic) bond motifs is 2. The number of hydrogen-bond donors (Lipinski definition) is 0. The number of hydrogen-bond acceptors (Lipinski definition) is 1. The minimum absolute atomic E-state index is 0.0952. The van der Waals surface area contributed by atoms with Gasteiger partial charge in [-0.2, -0.15) is 0 Å². The van der Waals surface area contributed by atoms with E-state index in [2.05, 4.69) is 24.3 Å². The van der Waals surface area contributed by atoms with Crippen molar-refractivity contribution >= 4 is 11.5 Å². The number of aryl methyl sites for hydroxylation is 1. The number of carbonyl (C=O) groups excluding carboxylic acids is 1. The first kappa shape index (κ1) is 21.6. The summed E-state index contributed by atoms with van der Waals surface area (Å²) < 4.78 is 26.9. The second-order valence-electron chi connectivity index (χ2n) is 9.15. The average molecular weight is 444 g/mol. The monoisotopic (exact) mass is 443 g/mol. The molecule has 1 spiro atoms. The summed E-state index contributed by atoms with van der Waals surface area (Å²) in [5.74, 6) is -0.536. The smallest absolute Gasteiger partial charge is 0.226 e. The van der Waals surface area contributed by atoms with Gasteiger partial charge in [-0.05, 0) is 83.2 Å². The second kappa shape index (κ2) is 8.93. The van der Waals surface area contributed by atoms with Crippen molar-refractivity contribution in [1.82, 2.24) is 4.90 Å². The molecule has 33 heavy (non-hydrogen) atoms. The summed E-state index contributed by atoms with van der Waals surface area (Å²) >= 11 is 0. The number of likely N-dealkylation sites (tertiary alicyclic amines) is 1. The summed E-state index contributed by atoms with van der Waals surface area (Å²) in [4.78, 5) is 15.1. The van der Waals surface area contributed by atoms with Crippen LogP contribution in [0.4, 0.5) is 8.78 Å². The molecule has 5 rings (SSSR count). The standard InChI is InChI=1S/C29H27F2NO/c30-24-9-5-21(6-10-24)26(22-7-11-25(31)12-8-22)13-14-28(33)32-19-17-29(18-20-32)16-15-23-3-1-2-4-27(23)29/h1-13H,14-20H2. The van der Waals surface area contributed by atoms with Crippen LogP contribution in [0.1, 0.15) is 47.9 Å². The molecule has 1 amide bonds. The average Bonchev–Trinajstić information content (AvgIpc) is 3.20. The highest BCUT2D eigenvalue weighted by Gasteiger charge is 2.41. The molecule has 1 fully saturated rings. The van der Waals surface area contributed by atoms with Gasteiger partial charge in [-0.25, -0.2) is 8.78 Å². The zero-order valence-electron chi connectivity index (χ0n) is 18.6. The highest BCUT2D eigenvalue weighted by Crippen LogP contribution is 2.46. The van der Waals surface area contributed by atoms with E-state index < -0.39 is 0 Å². The lowest BCUT2D eigenvalue weighted by atomic mass is 9.74. The summed E-state index contributed by atoms with van der Waals surface area (Å²) in [6, 6.07) is 21.1. The van der Waals surface area contributed by atoms with Crippen LogP contribution in [0.5, 0.6) is 0 Å². The Kier molecular flexibility index (Phi) is 5.84. The van der Waals surface area contributed by atoms with Crippen molar-refractivity contribution in [2.75, 3.05) is 13.1 Å². The predicted octanol–water partition coefficient (Wildman–Crippen LogP) is 6.29. The summed E-state index contributed by atoms with van der Waals surface area (Å²) in [5, 5.41) is 0. The molecule has 0 bridgehead atoms. The first-order valence-corrected chi connectivity index (χ1v) is 11.6. The molecule has 3 aromatic carbocycles. The molecule has 1 aliphatic heterocycles. The molecule has 0 N–H and O–H groups in total. The third kappa shape index (κ3) is 4.35. The van der Waals surface area contributed by atoms with Gasteiger partial charge in [0.05, 0.1) is 0 Å². The molecule has 1 heterocycles. The number of amides is 1. The molecule has 4 heteroatoms. The van der Waals surface area contributed by atoms with Crippen LogP contribution in [-0.4, -0.2) is 23.9 Å². The van der Waals surface area contributed by atoms with E-state index in [1.54, 1.807) is 24.3 Å². The number of carbonyl (C=O) groups is 1. The maximum absolute atomic E-state index is 13.5. The molecular formula is C29H27F2NO. The highest BCUT2D eigenvalue weighted by atomic mass is 19.1. The Hall–Kier alpha value is -3.27. The van der Waals surface area contributed by atoms with E-state index in [1.807, 2.05) is 11.0 Å². The normalized spacial score (nSPS) is 16.5. The highest BCUT2D eigenvalue weighted by molar-refractivity contribution is 5.85. The van der Waals surface area contributed by atoms with Gasteiger partial charge in [0.25, 0.3) is 0 Å². The van der Waals surface area contributed by atoms with Gasteiger partial charge in [0.2, 0.25) is 5.91 Å². The zero-order valence-corrected chi connectivity index (χ0v) is 18.6. The molecule has 1 aliphatic carbocycles. The molecule has 3 aromatic rings. The molecule has 0 aromatic heterocycles. The van der Waals surface area contributed by atoms with Crippen molar-refractivity contribution in [2.45, 2.75) is 37.5 Å². The Morgan fingerprint density at radius 2 is 1.39 bits per heavy atom. The number of halogens is 2. The van der Waals surface area contributed by atoms with E-state index in [0.29, 0.717) is 0 Å². The Bertz CT molecular complexity index is 1130. The maximum Gasteiger partial charge on any atom is 0.226 e. The molecule has 0 radical (unpaired) electrons. The fourth-order valence-corrected chi connectivity index (χ4v) is 5.45. The van der Waals surface area contributed by atoms with Gasteiger partial charge in [0, 0.05) is 19.5 Å². The van der Waals surface area contributed by atoms with Gasteiger partial charge in [-0.3, -0.25) is 4.79 Å². The van der Waals surface area contributed by atoms with E-state index in [0.717, 1.165) is 49.1 Å². The topological polar surface area (TPSA) is 20.3 Å². The molecule has 0 unspecified atom stereocenters. The van der Waals surface area contributed by atoms with Gasteiger partial charge >= 0.3 is 0 Å². The summed E-state index contributed by atoms with van der Waals surface area (Å²) in [6.07, 6.45) is 6.45. The number of rotatable bonds is 4. The van der Waals surface area contributed by atoms with Crippen molar-refractivity contribution in [1.29, 1.82) is 0 Å². The summed E-state index contributed by atoms with van der Waals surface area (Å²) in [6.45, 7) is 1.53. The third-order valence-electron chi connectivity index (χ3n) is 7.33. The van der Waals surface area contributed by atoms with E-state index in [1.165, 1.54) is 41.8 Å². The van der Waals surface area contributed by atoms with Crippen LogP contribution >= 0.6 is 0 Å². The van der Waals surface area contributed by atoms with Gasteiger partial charge in [-0.15, -0.1) is 0 Å². The lowest BCUT2D eigenvalue weighted by Gasteiger charge is -2.40. The Labute approximate surface area is 193 Å². The fraction of sp³-hybridized carbons (Fsp3) is 0.276. The van der Waals surface area contributed by atoms with E-state index in [9.17, 15) is 13.6 Å². The minimum Gasteiger partial charge on any atom is -0.342 e. The first-order chi connectivity index (χ1) is 16.0. The third-order valence-corrected chi connectivity index (χ3v) is 7.33. The molecule has 2 aliphatic rings. The summed E-state index contributed by atoms with van der Waals surface area (Å²) in [7, 11) is 0. The molecular weight excluding hydrogens is 416 g/mol. The molecule has 2 nitrogen and oxygen atoms in total. The van der Waals surface area contributed by atoms with Crippen molar-refractivity contribution in [3.8, 4) is 0 Å². The van der Waals surface area contributed by atoms with Crippen molar-refractivity contribution in [2.24, 2.45) is 0 Å². The van der Waals surface area contributed by atoms with Gasteiger partial charge in [0.1, 0.15) is 11.6 Å². The van der Waals surface area contributed by atoms with Crippen LogP contribution in [0, 0.1) is 11.6 Å². The van der Waals surface area contributed by atoms with Crippen LogP contribution in [-0.2, 0) is 16.6 Å². The van der Waals surface area contributed by atoms with Crippen molar-refractivity contribution < 1.29 is 13.6 Å². The Morgan fingerprint density at radius 3 is 2.00 bits per heavy atom. The molecule has 168 valence electrons. The van der Waals surface area contributed by atoms with Crippen LogP contribution in [0.2, 0.25) is 0 Å². The van der Waals surface area contributed by atoms with Gasteiger partial charge < -0.3 is 4.90 Å². The summed E-state index contributed by atoms with van der Waals surface area (Å²) in [5.41, 5.74) is 5.57. The van der Waals surface area contributed by atoms with Crippen molar-refractivity contribution in [3.05, 3.63) is 113 Å². The van der Waals surface area contributed by atoms with Gasteiger partial charge in [0.15, 0.2) is 0 Å². The number of benzene rings is 3. The van der Waals surface area contributed by atoms with E-state index >= 15 is 0 Å². The Morgan fingerprint density at radius 1 is 0.818 bits per heavy atom. The zero-order chi connectivity index (χ0) is 22.8. The predicted molar refractivity (Wildman–Crippen MR) is 127 cm³/mol. The molecule has 0 saturated carbocycles. The molecule has 0 atom stereocenters. The second-order valence-corrected chi connectivity index (χ2v) is 9.15. The lowest BCUT2D eigenvalue weighted by Crippen LogP contribution is -2.44. The van der Waals surface area contributed by atoms with Crippen LogP contribution in [0.3, 0.4) is 0 Å². The minimum atomic E-state index is -0.316. The SMILES string of the molecule is O=C(CC=C(c1ccc(F)cc1)c1ccc(F)cc1)N1CCC2(CCc3ccccc32)CC1. The van der Waals surface area contributed by atoms with Crippen LogP contribution in [0.15, 0.2) is 78.9 Å². The number of piperidine rings is 1. The largest absolute Gasteiger partial charge is 0.342 e. The van der Waals surface area contributed by atoms with Crippen LogP contribution in [0.25, 0.3) is 5.57 Å². The first-order valence-electron chi connectivity index (χ1n) is 11.6. The van der Waals surface area contributed by atoms with Crippen LogP contribution < -0.4 is 0 Å². The Balaban J connectivity index is 1.31. The van der Waals surface area contributed by atoms with E-state index in [4.69, 9.17) is 0 Å². The van der Waals surface area contributed by atoms with Crippen molar-refractivity contribution in [3.63, 3.8) is 0 Å². The quantitative estimate of drug-likeness (QED) is 0.464. The lowest BCUT2D eigenvalue weighted by molar-refractivity contribution is -0.131. The number of nitrogens with zero attached hydrogens (tertiary/aromatic N) is 1. The van der Waals surface area contributed by atoms with Gasteiger partial charge in [-0.1, -0.05) is 54.6 Å². The van der Waals surface area contributed by atoms with E-state index in [-0.39, 0.29) is 29.4 Å².